The van der Waals surface area contributed by atoms with Crippen molar-refractivity contribution in [3.63, 3.8) is 0 Å². The van der Waals surface area contributed by atoms with E-state index in [1.54, 1.807) is 0 Å². The fraction of sp³-hybridized carbons (Fsp3) is 0. The quantitative estimate of drug-likeness (QED) is 0.168. The number of para-hydroxylation sites is 1. The van der Waals surface area contributed by atoms with Gasteiger partial charge in [0.25, 0.3) is 0 Å². The van der Waals surface area contributed by atoms with Crippen molar-refractivity contribution in [3.8, 4) is 34.4 Å². The lowest BCUT2D eigenvalue weighted by atomic mass is 9.60. The van der Waals surface area contributed by atoms with Crippen molar-refractivity contribution >= 4 is 198 Å². The standard InChI is InChI=1S/C45H37B10N5/c46-33-31(34(47)38(51)41(54)37(33)50)43-56-44(32-35(48)39(52)42(55)40(53)36(32)49)58-45(57-43)60-24-15-7-13-22-20-11-5-4-10-19(20)21-12-6-14-23-27(21)29-25(16-17-26(60)30(29)28(22)24)59(23)18-8-2-1-3-9-18/h1-17H,46-55H2. The molecule has 0 aliphatic heterocycles. The molecular weight excluding hydrogens is 719 g/mol. The molecule has 0 saturated heterocycles. The smallest absolute Gasteiger partial charge is 0.238 e. The van der Waals surface area contributed by atoms with Gasteiger partial charge in [0.05, 0.1) is 22.1 Å². The first kappa shape index (κ1) is 36.8. The third-order valence-electron chi connectivity index (χ3n) is 14.5. The van der Waals surface area contributed by atoms with Crippen LogP contribution in [-0.2, 0) is 0 Å². The summed E-state index contributed by atoms with van der Waals surface area (Å²) >= 11 is 0. The monoisotopic (exact) mass is 757 g/mol. The molecule has 11 aromatic rings. The molecule has 0 fully saturated rings. The van der Waals surface area contributed by atoms with E-state index >= 15 is 0 Å². The molecule has 0 aliphatic rings. The van der Waals surface area contributed by atoms with Gasteiger partial charge in [0.15, 0.2) is 11.6 Å². The molecule has 60 heavy (non-hydrogen) atoms. The third kappa shape index (κ3) is 4.86. The molecule has 0 aliphatic carbocycles. The van der Waals surface area contributed by atoms with Gasteiger partial charge in [-0.2, -0.15) is 9.97 Å². The van der Waals surface area contributed by atoms with Crippen LogP contribution < -0.4 is 54.6 Å². The predicted octanol–water partition coefficient (Wildman–Crippen LogP) is -6.27. The second-order valence-electron chi connectivity index (χ2n) is 17.1. The molecular formula is C45H37B10N5. The van der Waals surface area contributed by atoms with Gasteiger partial charge >= 0.3 is 0 Å². The highest BCUT2D eigenvalue weighted by molar-refractivity contribution is 6.70. The molecule has 11 rings (SSSR count). The molecule has 3 heterocycles. The van der Waals surface area contributed by atoms with E-state index in [-0.39, 0.29) is 0 Å². The van der Waals surface area contributed by atoms with Crippen LogP contribution in [0, 0.1) is 0 Å². The van der Waals surface area contributed by atoms with Gasteiger partial charge in [-0.15, -0.1) is 32.8 Å². The van der Waals surface area contributed by atoms with E-state index < -0.39 is 0 Å². The normalized spacial score (nSPS) is 12.0. The van der Waals surface area contributed by atoms with Crippen LogP contribution in [0.25, 0.3) is 99.6 Å². The highest BCUT2D eigenvalue weighted by Crippen LogP contribution is 2.47. The van der Waals surface area contributed by atoms with E-state index in [9.17, 15) is 0 Å². The third-order valence-corrected chi connectivity index (χ3v) is 14.5. The molecule has 0 saturated carbocycles. The van der Waals surface area contributed by atoms with Crippen LogP contribution in [0.4, 0.5) is 0 Å². The van der Waals surface area contributed by atoms with Crippen molar-refractivity contribution in [2.45, 2.75) is 0 Å². The maximum absolute atomic E-state index is 5.57. The summed E-state index contributed by atoms with van der Waals surface area (Å²) in [7, 11) is 22.2. The largest absolute Gasteiger partial charge is 0.309 e. The number of hydrogen-bond acceptors (Lipinski definition) is 3. The molecule has 0 bridgehead atoms. The number of nitrogens with zero attached hydrogens (tertiary/aromatic N) is 5. The SMILES string of the molecule is Bc1c(B)c(B)c(-c2nc(-c3c(B)c(B)c(B)c(B)c3B)nc(-n3c4cccc5c6ccccc6c6cccc7c6c6c(c54)c3ccc6n7-c3ccccc3)n2)c(B)c1B. The Kier molecular flexibility index (Phi) is 8.07. The Hall–Kier alpha value is -6.20. The Morgan fingerprint density at radius 3 is 1.13 bits per heavy atom. The second kappa shape index (κ2) is 13.1. The van der Waals surface area contributed by atoms with E-state index in [2.05, 4.69) is 191 Å². The maximum atomic E-state index is 5.57. The molecule has 0 radical (unpaired) electrons. The predicted molar refractivity (Wildman–Crippen MR) is 287 cm³/mol. The summed E-state index contributed by atoms with van der Waals surface area (Å²) in [4.78, 5) is 16.6. The minimum atomic E-state index is 0.621. The molecule has 0 spiro atoms. The van der Waals surface area contributed by atoms with Gasteiger partial charge < -0.3 is 4.57 Å². The van der Waals surface area contributed by atoms with Gasteiger partial charge in [-0.3, -0.25) is 4.57 Å². The topological polar surface area (TPSA) is 48.5 Å². The van der Waals surface area contributed by atoms with Crippen LogP contribution in [-0.4, -0.2) is 103 Å². The first-order valence-corrected chi connectivity index (χ1v) is 21.1. The second-order valence-corrected chi connectivity index (χ2v) is 17.1. The summed E-state index contributed by atoms with van der Waals surface area (Å²) in [6.07, 6.45) is 0. The molecule has 272 valence electrons. The maximum Gasteiger partial charge on any atom is 0.238 e. The zero-order valence-electron chi connectivity index (χ0n) is 36.1. The van der Waals surface area contributed by atoms with Gasteiger partial charge in [0, 0.05) is 38.4 Å². The number of fused-ring (bicyclic) bond motifs is 3. The van der Waals surface area contributed by atoms with Gasteiger partial charge in [0.2, 0.25) is 5.95 Å². The summed E-state index contributed by atoms with van der Waals surface area (Å²) < 4.78 is 4.76. The van der Waals surface area contributed by atoms with Crippen LogP contribution in [0.3, 0.4) is 0 Å². The molecule has 0 atom stereocenters. The lowest BCUT2D eigenvalue weighted by Gasteiger charge is -2.22. The highest BCUT2D eigenvalue weighted by atomic mass is 15.2. The van der Waals surface area contributed by atoms with E-state index in [4.69, 9.17) is 15.0 Å². The molecule has 0 N–H and O–H groups in total. The molecule has 15 heteroatoms. The van der Waals surface area contributed by atoms with Gasteiger partial charge in [-0.1, -0.05) is 88.6 Å². The average Bonchev–Trinajstić information content (AvgIpc) is 3.79. The molecule has 3 aromatic heterocycles. The summed E-state index contributed by atoms with van der Waals surface area (Å²) in [6, 6.07) is 37.8. The Labute approximate surface area is 358 Å². The number of hydrogen-bond donors (Lipinski definition) is 0. The summed E-state index contributed by atoms with van der Waals surface area (Å²) in [5.74, 6) is 2.03. The summed E-state index contributed by atoms with van der Waals surface area (Å²) in [5.41, 5.74) is 20.4. The zero-order chi connectivity index (χ0) is 41.5. The van der Waals surface area contributed by atoms with Crippen LogP contribution in [0.15, 0.2) is 103 Å². The minimum absolute atomic E-state index is 0.621. The Balaban J connectivity index is 1.37. The fourth-order valence-electron chi connectivity index (χ4n) is 10.5. The number of rotatable bonds is 4. The van der Waals surface area contributed by atoms with Crippen LogP contribution in [0.1, 0.15) is 0 Å². The van der Waals surface area contributed by atoms with Crippen molar-refractivity contribution in [1.82, 2.24) is 24.1 Å². The molecule has 8 aromatic carbocycles. The van der Waals surface area contributed by atoms with E-state index in [0.29, 0.717) is 17.6 Å². The first-order valence-electron chi connectivity index (χ1n) is 21.1. The number of aromatic nitrogens is 5. The van der Waals surface area contributed by atoms with Crippen molar-refractivity contribution in [2.75, 3.05) is 0 Å². The average molecular weight is 756 g/mol. The Bertz CT molecular complexity index is 3530. The first-order chi connectivity index (χ1) is 29.0. The summed E-state index contributed by atoms with van der Waals surface area (Å²) in [5, 5.41) is 9.82. The highest BCUT2D eigenvalue weighted by Gasteiger charge is 2.27. The Morgan fingerprint density at radius 2 is 0.667 bits per heavy atom. The molecule has 5 nitrogen and oxygen atoms in total. The van der Waals surface area contributed by atoms with Crippen LogP contribution in [0.5, 0.6) is 0 Å². The van der Waals surface area contributed by atoms with Crippen molar-refractivity contribution < 1.29 is 0 Å². The van der Waals surface area contributed by atoms with Gasteiger partial charge in [-0.25, -0.2) is 4.98 Å². The van der Waals surface area contributed by atoms with Crippen LogP contribution >= 0.6 is 0 Å². The lowest BCUT2D eigenvalue weighted by molar-refractivity contribution is 0.956. The van der Waals surface area contributed by atoms with E-state index in [1.165, 1.54) is 109 Å². The van der Waals surface area contributed by atoms with Crippen LogP contribution in [0.2, 0.25) is 0 Å². The van der Waals surface area contributed by atoms with Gasteiger partial charge in [-0.05, 0) is 57.9 Å². The minimum Gasteiger partial charge on any atom is -0.309 e. The van der Waals surface area contributed by atoms with Crippen molar-refractivity contribution in [3.05, 3.63) is 103 Å². The Morgan fingerprint density at radius 1 is 0.300 bits per heavy atom. The zero-order valence-corrected chi connectivity index (χ0v) is 36.1. The molecule has 0 unspecified atom stereocenters. The fourth-order valence-corrected chi connectivity index (χ4v) is 10.5. The van der Waals surface area contributed by atoms with E-state index in [1.807, 2.05) is 0 Å². The lowest BCUT2D eigenvalue weighted by Crippen LogP contribution is -2.55. The molecule has 0 amide bonds. The van der Waals surface area contributed by atoms with Crippen molar-refractivity contribution in [2.24, 2.45) is 0 Å². The van der Waals surface area contributed by atoms with Crippen molar-refractivity contribution in [1.29, 1.82) is 0 Å². The van der Waals surface area contributed by atoms with Gasteiger partial charge in [0.1, 0.15) is 78.5 Å². The van der Waals surface area contributed by atoms with E-state index in [0.717, 1.165) is 27.8 Å². The number of benzene rings is 7. The summed E-state index contributed by atoms with van der Waals surface area (Å²) in [6.45, 7) is 0.